The fourth-order valence-electron chi connectivity index (χ4n) is 2.48. The van der Waals surface area contributed by atoms with Crippen molar-refractivity contribution in [3.05, 3.63) is 29.8 Å². The van der Waals surface area contributed by atoms with Crippen LogP contribution in [0.4, 0.5) is 5.69 Å². The normalized spacial score (nSPS) is 13.3. The van der Waals surface area contributed by atoms with Gasteiger partial charge in [-0.25, -0.2) is 8.42 Å². The summed E-state index contributed by atoms with van der Waals surface area (Å²) in [5.74, 6) is 0. The van der Waals surface area contributed by atoms with Crippen LogP contribution in [-0.4, -0.2) is 25.3 Å². The van der Waals surface area contributed by atoms with Crippen LogP contribution in [0.15, 0.2) is 24.3 Å². The van der Waals surface area contributed by atoms with E-state index in [1.54, 1.807) is 24.3 Å². The molecule has 0 aliphatic heterocycles. The van der Waals surface area contributed by atoms with Gasteiger partial charge in [-0.05, 0) is 43.5 Å². The van der Waals surface area contributed by atoms with Crippen molar-refractivity contribution in [2.45, 2.75) is 57.3 Å². The van der Waals surface area contributed by atoms with Crippen LogP contribution in [-0.2, 0) is 10.0 Å². The molecule has 0 aliphatic carbocycles. The van der Waals surface area contributed by atoms with Crippen LogP contribution < -0.4 is 10.5 Å². The van der Waals surface area contributed by atoms with E-state index in [0.717, 1.165) is 12.8 Å². The average Bonchev–Trinajstić information content (AvgIpc) is 2.47. The van der Waals surface area contributed by atoms with Crippen molar-refractivity contribution >= 4 is 15.7 Å². The minimum atomic E-state index is -3.41. The number of aliphatic hydroxyl groups excluding tert-OH is 1. The molecule has 0 aromatic heterocycles. The first-order valence-corrected chi connectivity index (χ1v) is 9.48. The molecule has 0 aliphatic rings. The summed E-state index contributed by atoms with van der Waals surface area (Å²) in [6, 6.07) is 6.88. The quantitative estimate of drug-likeness (QED) is 0.616. The maximum atomic E-state index is 12.5. The van der Waals surface area contributed by atoms with Gasteiger partial charge in [0.15, 0.2) is 0 Å². The van der Waals surface area contributed by atoms with Crippen molar-refractivity contribution in [2.75, 3.05) is 11.3 Å². The van der Waals surface area contributed by atoms with E-state index in [1.165, 1.54) is 0 Å². The molecule has 22 heavy (non-hydrogen) atoms. The van der Waals surface area contributed by atoms with Crippen LogP contribution in [0.3, 0.4) is 0 Å². The molecule has 5 nitrogen and oxygen atoms in total. The molecule has 1 aromatic rings. The third-order valence-electron chi connectivity index (χ3n) is 3.63. The van der Waals surface area contributed by atoms with Gasteiger partial charge in [0.25, 0.3) is 0 Å². The Morgan fingerprint density at radius 3 is 2.36 bits per heavy atom. The summed E-state index contributed by atoms with van der Waals surface area (Å²) in [6.45, 7) is 4.36. The number of sulfonamides is 1. The van der Waals surface area contributed by atoms with Gasteiger partial charge < -0.3 is 10.8 Å². The molecular weight excluding hydrogens is 300 g/mol. The van der Waals surface area contributed by atoms with Gasteiger partial charge in [-0.2, -0.15) is 0 Å². The van der Waals surface area contributed by atoms with Crippen LogP contribution in [0.1, 0.15) is 57.6 Å². The molecule has 0 bridgehead atoms. The van der Waals surface area contributed by atoms with Gasteiger partial charge in [0.05, 0.1) is 11.4 Å². The summed E-state index contributed by atoms with van der Waals surface area (Å²) in [4.78, 5) is 0. The summed E-state index contributed by atoms with van der Waals surface area (Å²) in [6.07, 6.45) is 2.75. The highest BCUT2D eigenvalue weighted by Crippen LogP contribution is 2.23. The van der Waals surface area contributed by atoms with E-state index in [2.05, 4.69) is 4.72 Å². The predicted molar refractivity (Wildman–Crippen MR) is 91.2 cm³/mol. The van der Waals surface area contributed by atoms with E-state index in [-0.39, 0.29) is 5.25 Å². The second-order valence-corrected chi connectivity index (χ2v) is 7.53. The lowest BCUT2D eigenvalue weighted by atomic mass is 10.1. The van der Waals surface area contributed by atoms with Gasteiger partial charge in [-0.15, -0.1) is 0 Å². The maximum absolute atomic E-state index is 12.5. The van der Waals surface area contributed by atoms with Crippen LogP contribution in [0, 0.1) is 0 Å². The van der Waals surface area contributed by atoms with Gasteiger partial charge in [0.1, 0.15) is 0 Å². The molecule has 0 fully saturated rings. The molecule has 126 valence electrons. The average molecular weight is 328 g/mol. The number of hydrogen-bond donors (Lipinski definition) is 3. The summed E-state index contributed by atoms with van der Waals surface area (Å²) < 4.78 is 27.6. The summed E-state index contributed by atoms with van der Waals surface area (Å²) >= 11 is 0. The Kier molecular flexibility index (Phi) is 7.85. The highest BCUT2D eigenvalue weighted by Gasteiger charge is 2.24. The molecule has 0 amide bonds. The Balaban J connectivity index is 2.90. The summed E-state index contributed by atoms with van der Waals surface area (Å²) in [5, 5.41) is 9.59. The van der Waals surface area contributed by atoms with Crippen LogP contribution >= 0.6 is 0 Å². The molecule has 0 saturated carbocycles. The number of rotatable bonds is 10. The maximum Gasteiger partial charge on any atom is 0.235 e. The van der Waals surface area contributed by atoms with Crippen LogP contribution in [0.25, 0.3) is 0 Å². The van der Waals surface area contributed by atoms with E-state index in [0.29, 0.717) is 37.1 Å². The molecule has 0 spiro atoms. The highest BCUT2D eigenvalue weighted by atomic mass is 32.2. The lowest BCUT2D eigenvalue weighted by Crippen LogP contribution is -2.27. The Hall–Kier alpha value is -1.11. The largest absolute Gasteiger partial charge is 0.388 e. The Morgan fingerprint density at radius 2 is 1.82 bits per heavy atom. The monoisotopic (exact) mass is 328 g/mol. The van der Waals surface area contributed by atoms with Crippen molar-refractivity contribution in [3.63, 3.8) is 0 Å². The minimum Gasteiger partial charge on any atom is -0.388 e. The standard InChI is InChI=1S/C16H28N2O3S/c1-3-6-15(7-4-2)22(20,21)18-14-9-5-8-13(12-14)16(19)10-11-17/h5,8-9,12,15-16,18-19H,3-4,6-7,10-11,17H2,1-2H3. The van der Waals surface area contributed by atoms with Gasteiger partial charge in [-0.1, -0.05) is 38.8 Å². The third-order valence-corrected chi connectivity index (χ3v) is 5.50. The van der Waals surface area contributed by atoms with E-state index >= 15 is 0 Å². The van der Waals surface area contributed by atoms with E-state index in [4.69, 9.17) is 5.73 Å². The van der Waals surface area contributed by atoms with Gasteiger partial charge in [-0.3, -0.25) is 4.72 Å². The van der Waals surface area contributed by atoms with Crippen LogP contribution in [0.5, 0.6) is 0 Å². The molecule has 1 unspecified atom stereocenters. The first kappa shape index (κ1) is 18.9. The highest BCUT2D eigenvalue weighted by molar-refractivity contribution is 7.93. The zero-order valence-electron chi connectivity index (χ0n) is 13.5. The number of hydrogen-bond acceptors (Lipinski definition) is 4. The molecule has 1 aromatic carbocycles. The second kappa shape index (κ2) is 9.12. The minimum absolute atomic E-state index is 0.375. The van der Waals surface area contributed by atoms with Crippen molar-refractivity contribution in [2.24, 2.45) is 5.73 Å². The molecule has 1 rings (SSSR count). The van der Waals surface area contributed by atoms with Crippen molar-refractivity contribution in [1.29, 1.82) is 0 Å². The topological polar surface area (TPSA) is 92.4 Å². The number of benzene rings is 1. The van der Waals surface area contributed by atoms with E-state index < -0.39 is 16.1 Å². The number of nitrogens with two attached hydrogens (primary N) is 1. The van der Waals surface area contributed by atoms with Gasteiger partial charge in [0.2, 0.25) is 10.0 Å². The van der Waals surface area contributed by atoms with Crippen LogP contribution in [0.2, 0.25) is 0 Å². The molecule has 0 saturated heterocycles. The van der Waals surface area contributed by atoms with Crippen molar-refractivity contribution < 1.29 is 13.5 Å². The molecular formula is C16H28N2O3S. The lowest BCUT2D eigenvalue weighted by molar-refractivity contribution is 0.170. The summed E-state index contributed by atoms with van der Waals surface area (Å²) in [7, 11) is -3.41. The second-order valence-electron chi connectivity index (χ2n) is 5.57. The molecule has 6 heteroatoms. The fraction of sp³-hybridized carbons (Fsp3) is 0.625. The lowest BCUT2D eigenvalue weighted by Gasteiger charge is -2.18. The number of anilines is 1. The number of aliphatic hydroxyl groups is 1. The Bertz CT molecular complexity index is 540. The zero-order chi connectivity index (χ0) is 16.6. The van der Waals surface area contributed by atoms with E-state index in [9.17, 15) is 13.5 Å². The van der Waals surface area contributed by atoms with Crippen molar-refractivity contribution in [1.82, 2.24) is 0 Å². The Labute approximate surface area is 134 Å². The first-order chi connectivity index (χ1) is 10.4. The fourth-order valence-corrected chi connectivity index (χ4v) is 4.19. The Morgan fingerprint density at radius 1 is 1.18 bits per heavy atom. The first-order valence-electron chi connectivity index (χ1n) is 7.94. The number of nitrogens with one attached hydrogen (secondary N) is 1. The molecule has 0 radical (unpaired) electrons. The van der Waals surface area contributed by atoms with Crippen molar-refractivity contribution in [3.8, 4) is 0 Å². The molecule has 0 heterocycles. The molecule has 4 N–H and O–H groups in total. The SMILES string of the molecule is CCCC(CCC)S(=O)(=O)Nc1cccc(C(O)CCN)c1. The van der Waals surface area contributed by atoms with Gasteiger partial charge in [0, 0.05) is 5.69 Å². The zero-order valence-corrected chi connectivity index (χ0v) is 14.3. The summed E-state index contributed by atoms with van der Waals surface area (Å²) in [5.41, 5.74) is 6.61. The molecule has 1 atom stereocenters. The van der Waals surface area contributed by atoms with E-state index in [1.807, 2.05) is 13.8 Å². The van der Waals surface area contributed by atoms with Gasteiger partial charge >= 0.3 is 0 Å². The predicted octanol–water partition coefficient (Wildman–Crippen LogP) is 2.78. The smallest absolute Gasteiger partial charge is 0.235 e. The third kappa shape index (κ3) is 5.59.